The molecule has 0 spiro atoms. The van der Waals surface area contributed by atoms with Crippen molar-refractivity contribution >= 4 is 79.6 Å². The summed E-state index contributed by atoms with van der Waals surface area (Å²) in [6, 6.07) is 11.9. The number of rotatable bonds is 5. The van der Waals surface area contributed by atoms with Crippen LogP contribution in [0.3, 0.4) is 0 Å². The van der Waals surface area contributed by atoms with E-state index in [0.29, 0.717) is 5.75 Å². The first-order valence-electron chi connectivity index (χ1n) is 8.25. The minimum Gasteiger partial charge on any atom is -0.495 e. The van der Waals surface area contributed by atoms with Crippen molar-refractivity contribution in [3.63, 3.8) is 0 Å². The zero-order chi connectivity index (χ0) is 21.3. The Hall–Kier alpha value is -0.540. The second kappa shape index (κ2) is 9.73. The predicted octanol–water partition coefficient (Wildman–Crippen LogP) is 8.86. The van der Waals surface area contributed by atoms with E-state index in [-0.39, 0.29) is 0 Å². The lowest BCUT2D eigenvalue weighted by Crippen LogP contribution is -1.97. The molecule has 3 aromatic carbocycles. The van der Waals surface area contributed by atoms with Crippen LogP contribution in [0.15, 0.2) is 58.8 Å². The lowest BCUT2D eigenvalue weighted by atomic mass is 9.96. The molecular weight excluding hydrogens is 700 g/mol. The van der Waals surface area contributed by atoms with E-state index in [2.05, 4.69) is 79.6 Å². The Balaban J connectivity index is 2.41. The van der Waals surface area contributed by atoms with Crippen LogP contribution in [-0.2, 0) is 0 Å². The zero-order valence-electron chi connectivity index (χ0n) is 15.6. The highest BCUT2D eigenvalue weighted by molar-refractivity contribution is 9.11. The van der Waals surface area contributed by atoms with E-state index < -0.39 is 0 Å². The van der Waals surface area contributed by atoms with Crippen LogP contribution in [0.1, 0.15) is 0 Å². The van der Waals surface area contributed by atoms with Gasteiger partial charge in [0.25, 0.3) is 0 Å². The van der Waals surface area contributed by atoms with Crippen molar-refractivity contribution in [1.29, 1.82) is 0 Å². The van der Waals surface area contributed by atoms with Gasteiger partial charge in [-0.05, 0) is 68.3 Å². The molecule has 0 aliphatic heterocycles. The fourth-order valence-electron chi connectivity index (χ4n) is 3.15. The Bertz CT molecular complexity index is 1000. The Labute approximate surface area is 211 Å². The molecule has 0 bridgehead atoms. The fraction of sp³-hybridized carbons (Fsp3) is 0.143. The van der Waals surface area contributed by atoms with E-state index in [1.165, 1.54) is 0 Å². The molecule has 0 N–H and O–H groups in total. The number of benzene rings is 3. The summed E-state index contributed by atoms with van der Waals surface area (Å²) in [5.41, 5.74) is 3.55. The first-order chi connectivity index (χ1) is 13.8. The van der Waals surface area contributed by atoms with Gasteiger partial charge in [0.1, 0.15) is 17.2 Å². The Morgan fingerprint density at radius 2 is 0.724 bits per heavy atom. The van der Waals surface area contributed by atoms with E-state index in [1.807, 2.05) is 36.4 Å². The summed E-state index contributed by atoms with van der Waals surface area (Å²) >= 11 is 18.0. The Morgan fingerprint density at radius 1 is 0.448 bits per heavy atom. The van der Waals surface area contributed by atoms with Gasteiger partial charge in [-0.25, -0.2) is 0 Å². The molecule has 0 amide bonds. The summed E-state index contributed by atoms with van der Waals surface area (Å²) in [6.07, 6.45) is 0. The normalized spacial score (nSPS) is 10.8. The van der Waals surface area contributed by atoms with Crippen molar-refractivity contribution in [2.75, 3.05) is 21.3 Å². The van der Waals surface area contributed by atoms with Crippen LogP contribution in [0.4, 0.5) is 0 Å². The second-order valence-corrected chi connectivity index (χ2v) is 10.4. The molecule has 0 atom stereocenters. The third kappa shape index (κ3) is 4.71. The van der Waals surface area contributed by atoms with Crippen molar-refractivity contribution in [3.8, 4) is 39.5 Å². The molecule has 0 aromatic heterocycles. The lowest BCUT2D eigenvalue weighted by molar-refractivity contribution is 0.407. The summed E-state index contributed by atoms with van der Waals surface area (Å²) in [7, 11) is 4.96. The van der Waals surface area contributed by atoms with Crippen LogP contribution < -0.4 is 14.2 Å². The van der Waals surface area contributed by atoms with E-state index in [0.717, 1.165) is 56.1 Å². The molecule has 0 fully saturated rings. The average molecular weight is 715 g/mol. The smallest absolute Gasteiger partial charge is 0.141 e. The van der Waals surface area contributed by atoms with Gasteiger partial charge >= 0.3 is 0 Å². The fourth-order valence-corrected chi connectivity index (χ4v) is 6.38. The monoisotopic (exact) mass is 710 g/mol. The van der Waals surface area contributed by atoms with Gasteiger partial charge in [-0.1, -0.05) is 47.8 Å². The third-order valence-corrected chi connectivity index (χ3v) is 6.81. The van der Waals surface area contributed by atoms with Crippen LogP contribution in [0, 0.1) is 0 Å². The number of halogens is 5. The molecule has 0 aliphatic rings. The van der Waals surface area contributed by atoms with Crippen LogP contribution in [0.5, 0.6) is 17.2 Å². The van der Waals surface area contributed by atoms with Gasteiger partial charge in [-0.3, -0.25) is 0 Å². The van der Waals surface area contributed by atoms with E-state index in [4.69, 9.17) is 14.2 Å². The number of ether oxygens (including phenoxy) is 3. The highest BCUT2D eigenvalue weighted by Gasteiger charge is 2.22. The van der Waals surface area contributed by atoms with Crippen molar-refractivity contribution in [2.45, 2.75) is 0 Å². The molecule has 3 rings (SSSR count). The summed E-state index contributed by atoms with van der Waals surface area (Å²) < 4.78 is 21.7. The maximum absolute atomic E-state index is 5.91. The zero-order valence-corrected chi connectivity index (χ0v) is 23.5. The minimum absolute atomic E-state index is 0.708. The molecule has 0 saturated carbocycles. The SMILES string of the molecule is COc1c(Br)cc(Br)cc1-c1cc(Br)cc(-c2cc(Br)cc(Br)c2OC)c1OC. The van der Waals surface area contributed by atoms with Crippen molar-refractivity contribution in [1.82, 2.24) is 0 Å². The molecule has 0 radical (unpaired) electrons. The van der Waals surface area contributed by atoms with Gasteiger partial charge in [0.05, 0.1) is 30.3 Å². The molecule has 0 aliphatic carbocycles. The Kier molecular flexibility index (Phi) is 7.76. The first-order valence-corrected chi connectivity index (χ1v) is 12.2. The van der Waals surface area contributed by atoms with E-state index >= 15 is 0 Å². The summed E-state index contributed by atoms with van der Waals surface area (Å²) in [6.45, 7) is 0. The number of hydrogen-bond acceptors (Lipinski definition) is 3. The highest BCUT2D eigenvalue weighted by atomic mass is 79.9. The summed E-state index contributed by atoms with van der Waals surface area (Å²) in [5, 5.41) is 0. The maximum atomic E-state index is 5.91. The van der Waals surface area contributed by atoms with Crippen molar-refractivity contribution in [2.24, 2.45) is 0 Å². The minimum atomic E-state index is 0.708. The third-order valence-electron chi connectivity index (χ3n) is 4.26. The number of methoxy groups -OCH3 is 3. The largest absolute Gasteiger partial charge is 0.495 e. The molecule has 0 heterocycles. The quantitative estimate of drug-likeness (QED) is 0.265. The van der Waals surface area contributed by atoms with Gasteiger partial charge in [0.2, 0.25) is 0 Å². The number of hydrogen-bond donors (Lipinski definition) is 0. The van der Waals surface area contributed by atoms with Crippen LogP contribution in [-0.4, -0.2) is 21.3 Å². The molecular formula is C21H15Br5O3. The maximum Gasteiger partial charge on any atom is 0.141 e. The van der Waals surface area contributed by atoms with Gasteiger partial charge in [-0.2, -0.15) is 0 Å². The van der Waals surface area contributed by atoms with Gasteiger partial charge in [-0.15, -0.1) is 0 Å². The first kappa shape index (κ1) is 23.1. The standard InChI is InChI=1S/C21H15Br5O3/c1-27-19-13(15-6-11(23)8-17(25)20(15)28-2)4-10(22)5-14(19)16-7-12(24)9-18(26)21(16)29-3/h4-9H,1-3H3. The lowest BCUT2D eigenvalue weighted by Gasteiger charge is -2.20. The van der Waals surface area contributed by atoms with Crippen molar-refractivity contribution in [3.05, 3.63) is 58.8 Å². The van der Waals surface area contributed by atoms with Crippen LogP contribution in [0.2, 0.25) is 0 Å². The molecule has 8 heteroatoms. The summed E-state index contributed by atoms with van der Waals surface area (Å²) in [4.78, 5) is 0. The van der Waals surface area contributed by atoms with Gasteiger partial charge in [0, 0.05) is 35.7 Å². The second-order valence-electron chi connectivity index (χ2n) is 5.97. The molecule has 3 nitrogen and oxygen atoms in total. The predicted molar refractivity (Wildman–Crippen MR) is 135 cm³/mol. The molecule has 0 unspecified atom stereocenters. The van der Waals surface area contributed by atoms with Crippen LogP contribution in [0.25, 0.3) is 22.3 Å². The average Bonchev–Trinajstić information content (AvgIpc) is 2.66. The highest BCUT2D eigenvalue weighted by Crippen LogP contribution is 2.50. The van der Waals surface area contributed by atoms with E-state index in [1.54, 1.807) is 21.3 Å². The van der Waals surface area contributed by atoms with Gasteiger partial charge in [0.15, 0.2) is 0 Å². The van der Waals surface area contributed by atoms with Crippen LogP contribution >= 0.6 is 79.6 Å². The van der Waals surface area contributed by atoms with E-state index in [9.17, 15) is 0 Å². The molecule has 0 saturated heterocycles. The van der Waals surface area contributed by atoms with Gasteiger partial charge < -0.3 is 14.2 Å². The topological polar surface area (TPSA) is 27.7 Å². The molecule has 152 valence electrons. The molecule has 29 heavy (non-hydrogen) atoms. The van der Waals surface area contributed by atoms with Crippen molar-refractivity contribution < 1.29 is 14.2 Å². The summed E-state index contributed by atoms with van der Waals surface area (Å²) in [5.74, 6) is 2.15. The Morgan fingerprint density at radius 3 is 1.03 bits per heavy atom. The molecule has 3 aromatic rings.